The number of ether oxygens (including phenoxy) is 2. The summed E-state index contributed by atoms with van der Waals surface area (Å²) in [6, 6.07) is 0. The third kappa shape index (κ3) is 7.94. The van der Waals surface area contributed by atoms with Crippen LogP contribution in [0.2, 0.25) is 0 Å². The lowest BCUT2D eigenvalue weighted by Crippen LogP contribution is -2.36. The Labute approximate surface area is 189 Å². The smallest absolute Gasteiger partial charge is 0.103 e. The average molecular weight is 443 g/mol. The molecule has 182 valence electrons. The molecule has 5 atom stereocenters. The lowest BCUT2D eigenvalue weighted by molar-refractivity contribution is -0.0584. The standard InChI is InChI=1S/C26H47FO4/c1-18(16-28)30-23-10-5-20(6-11-23)3-4-21-7-14-25(26(27)15-21)22-8-12-24(13-9-22)31-19(2)17-29/h18-26,28-29H,3-17H2,1-2H3/t18-,19+,20?,21?,22?,23?,24?,25?,26?/m0/s1. The van der Waals surface area contributed by atoms with Crippen molar-refractivity contribution in [2.45, 2.75) is 128 Å². The second kappa shape index (κ2) is 12.9. The van der Waals surface area contributed by atoms with Gasteiger partial charge in [0, 0.05) is 0 Å². The maximum atomic E-state index is 15.1. The number of hydrogen-bond donors (Lipinski definition) is 2. The van der Waals surface area contributed by atoms with Crippen molar-refractivity contribution in [1.82, 2.24) is 0 Å². The highest BCUT2D eigenvalue weighted by Gasteiger charge is 2.37. The Hall–Kier alpha value is -0.230. The van der Waals surface area contributed by atoms with Crippen LogP contribution < -0.4 is 0 Å². The predicted octanol–water partition coefficient (Wildman–Crippen LogP) is 5.43. The molecule has 5 heteroatoms. The van der Waals surface area contributed by atoms with Gasteiger partial charge < -0.3 is 19.7 Å². The molecule has 3 saturated carbocycles. The number of halogens is 1. The molecular formula is C26H47FO4. The minimum Gasteiger partial charge on any atom is -0.394 e. The van der Waals surface area contributed by atoms with E-state index >= 15 is 4.39 Å². The van der Waals surface area contributed by atoms with Gasteiger partial charge in [0.15, 0.2) is 0 Å². The third-order valence-corrected chi connectivity index (χ3v) is 8.40. The minimum atomic E-state index is -0.623. The molecule has 0 radical (unpaired) electrons. The SMILES string of the molecule is C[C@H](CO)OC1CCC(C2CCC(CCC3CCC(O[C@@H](C)CO)CC3)CC2F)CC1. The summed E-state index contributed by atoms with van der Waals surface area (Å²) < 4.78 is 26.9. The Morgan fingerprint density at radius 2 is 1.19 bits per heavy atom. The Morgan fingerprint density at radius 1 is 0.710 bits per heavy atom. The highest BCUT2D eigenvalue weighted by molar-refractivity contribution is 4.88. The lowest BCUT2D eigenvalue weighted by atomic mass is 9.68. The fourth-order valence-corrected chi connectivity index (χ4v) is 6.44. The van der Waals surface area contributed by atoms with Crippen LogP contribution in [0.5, 0.6) is 0 Å². The van der Waals surface area contributed by atoms with Gasteiger partial charge in [0.2, 0.25) is 0 Å². The first-order chi connectivity index (χ1) is 15.0. The van der Waals surface area contributed by atoms with Gasteiger partial charge in [-0.2, -0.15) is 0 Å². The van der Waals surface area contributed by atoms with Crippen molar-refractivity contribution >= 4 is 0 Å². The predicted molar refractivity (Wildman–Crippen MR) is 122 cm³/mol. The third-order valence-electron chi connectivity index (χ3n) is 8.40. The van der Waals surface area contributed by atoms with E-state index in [9.17, 15) is 5.11 Å². The minimum absolute atomic E-state index is 0.0510. The average Bonchev–Trinajstić information content (AvgIpc) is 2.79. The largest absolute Gasteiger partial charge is 0.394 e. The highest BCUT2D eigenvalue weighted by Crippen LogP contribution is 2.44. The topological polar surface area (TPSA) is 58.9 Å². The molecule has 0 saturated heterocycles. The summed E-state index contributed by atoms with van der Waals surface area (Å²) in [4.78, 5) is 0. The summed E-state index contributed by atoms with van der Waals surface area (Å²) in [5.41, 5.74) is 0. The zero-order valence-corrected chi connectivity index (χ0v) is 19.9. The van der Waals surface area contributed by atoms with Gasteiger partial charge in [-0.1, -0.05) is 12.8 Å². The number of rotatable bonds is 10. The van der Waals surface area contributed by atoms with Gasteiger partial charge in [-0.15, -0.1) is 0 Å². The number of hydrogen-bond acceptors (Lipinski definition) is 4. The molecule has 0 amide bonds. The monoisotopic (exact) mass is 442 g/mol. The van der Waals surface area contributed by atoms with Crippen molar-refractivity contribution in [3.63, 3.8) is 0 Å². The molecule has 3 unspecified atom stereocenters. The summed E-state index contributed by atoms with van der Waals surface area (Å²) in [6.45, 7) is 4.04. The normalized spacial score (nSPS) is 39.2. The molecule has 3 aliphatic carbocycles. The van der Waals surface area contributed by atoms with Crippen LogP contribution in [0.15, 0.2) is 0 Å². The summed E-state index contributed by atoms with van der Waals surface area (Å²) >= 11 is 0. The van der Waals surface area contributed by atoms with Crippen molar-refractivity contribution < 1.29 is 24.1 Å². The van der Waals surface area contributed by atoms with Gasteiger partial charge >= 0.3 is 0 Å². The molecule has 0 aromatic heterocycles. The summed E-state index contributed by atoms with van der Waals surface area (Å²) in [5, 5.41) is 18.3. The quantitative estimate of drug-likeness (QED) is 0.473. The molecule has 0 aromatic rings. The molecule has 4 nitrogen and oxygen atoms in total. The fraction of sp³-hybridized carbons (Fsp3) is 1.00. The maximum Gasteiger partial charge on any atom is 0.103 e. The molecule has 0 bridgehead atoms. The van der Waals surface area contributed by atoms with Gasteiger partial charge in [-0.25, -0.2) is 4.39 Å². The zero-order valence-electron chi connectivity index (χ0n) is 19.9. The molecule has 0 aliphatic heterocycles. The van der Waals surface area contributed by atoms with Gasteiger partial charge in [0.05, 0.1) is 37.6 Å². The molecular weight excluding hydrogens is 395 g/mol. The van der Waals surface area contributed by atoms with Crippen LogP contribution in [0.4, 0.5) is 4.39 Å². The molecule has 3 aliphatic rings. The van der Waals surface area contributed by atoms with Gasteiger partial charge in [0.1, 0.15) is 6.17 Å². The summed E-state index contributed by atoms with van der Waals surface area (Å²) in [5.74, 6) is 2.13. The van der Waals surface area contributed by atoms with E-state index in [4.69, 9.17) is 14.6 Å². The lowest BCUT2D eigenvalue weighted by Gasteiger charge is -2.40. The van der Waals surface area contributed by atoms with Crippen LogP contribution in [0.1, 0.15) is 97.3 Å². The van der Waals surface area contributed by atoms with E-state index in [0.29, 0.717) is 17.9 Å². The number of aliphatic hydroxyl groups is 2. The molecule has 3 rings (SSSR count). The van der Waals surface area contributed by atoms with E-state index < -0.39 is 6.17 Å². The van der Waals surface area contributed by atoms with E-state index in [2.05, 4.69) is 0 Å². The van der Waals surface area contributed by atoms with Crippen molar-refractivity contribution in [2.75, 3.05) is 13.2 Å². The van der Waals surface area contributed by atoms with Crippen molar-refractivity contribution in [3.05, 3.63) is 0 Å². The first-order valence-electron chi connectivity index (χ1n) is 13.1. The van der Waals surface area contributed by atoms with Gasteiger partial charge in [-0.05, 0) is 108 Å². The molecule has 31 heavy (non-hydrogen) atoms. The van der Waals surface area contributed by atoms with Crippen LogP contribution in [-0.2, 0) is 9.47 Å². The first kappa shape index (κ1) is 25.4. The van der Waals surface area contributed by atoms with Crippen LogP contribution in [0.25, 0.3) is 0 Å². The van der Waals surface area contributed by atoms with E-state index in [-0.39, 0.29) is 37.4 Å². The van der Waals surface area contributed by atoms with E-state index in [1.54, 1.807) is 0 Å². The number of aliphatic hydroxyl groups excluding tert-OH is 2. The van der Waals surface area contributed by atoms with Gasteiger partial charge in [0.25, 0.3) is 0 Å². The second-order valence-electron chi connectivity index (χ2n) is 10.9. The van der Waals surface area contributed by atoms with Crippen LogP contribution in [0, 0.1) is 23.7 Å². The fourth-order valence-electron chi connectivity index (χ4n) is 6.44. The van der Waals surface area contributed by atoms with E-state index in [1.807, 2.05) is 13.8 Å². The van der Waals surface area contributed by atoms with Crippen LogP contribution in [0.3, 0.4) is 0 Å². The molecule has 2 N–H and O–H groups in total. The Balaban J connectivity index is 1.31. The maximum absolute atomic E-state index is 15.1. The summed E-state index contributed by atoms with van der Waals surface area (Å²) in [6.07, 6.45) is 14.1. The Morgan fingerprint density at radius 3 is 1.71 bits per heavy atom. The molecule has 0 heterocycles. The molecule has 0 aromatic carbocycles. The first-order valence-corrected chi connectivity index (χ1v) is 13.1. The molecule has 0 spiro atoms. The van der Waals surface area contributed by atoms with E-state index in [0.717, 1.165) is 57.3 Å². The molecule has 3 fully saturated rings. The van der Waals surface area contributed by atoms with Crippen molar-refractivity contribution in [3.8, 4) is 0 Å². The Kier molecular flexibility index (Phi) is 10.5. The van der Waals surface area contributed by atoms with Gasteiger partial charge in [-0.3, -0.25) is 0 Å². The summed E-state index contributed by atoms with van der Waals surface area (Å²) in [7, 11) is 0. The number of alkyl halides is 1. The Bertz CT molecular complexity index is 488. The van der Waals surface area contributed by atoms with Crippen molar-refractivity contribution in [1.29, 1.82) is 0 Å². The zero-order chi connectivity index (χ0) is 22.2. The second-order valence-corrected chi connectivity index (χ2v) is 10.9. The van der Waals surface area contributed by atoms with Crippen LogP contribution in [-0.4, -0.2) is 54.0 Å². The van der Waals surface area contributed by atoms with E-state index in [1.165, 1.54) is 32.1 Å². The van der Waals surface area contributed by atoms with Crippen molar-refractivity contribution in [2.24, 2.45) is 23.7 Å². The highest BCUT2D eigenvalue weighted by atomic mass is 19.1. The van der Waals surface area contributed by atoms with Crippen LogP contribution >= 0.6 is 0 Å².